The lowest BCUT2D eigenvalue weighted by atomic mass is 9.94. The van der Waals surface area contributed by atoms with Crippen LogP contribution in [0.5, 0.6) is 0 Å². The first-order valence-electron chi connectivity index (χ1n) is 10.2. The molecule has 1 unspecified atom stereocenters. The van der Waals surface area contributed by atoms with Crippen LogP contribution in [0, 0.1) is 0 Å². The van der Waals surface area contributed by atoms with E-state index in [0.29, 0.717) is 13.1 Å². The van der Waals surface area contributed by atoms with Crippen molar-refractivity contribution in [2.24, 2.45) is 0 Å². The third-order valence-corrected chi connectivity index (χ3v) is 7.67. The van der Waals surface area contributed by atoms with E-state index in [4.69, 9.17) is 0 Å². The molecular formula is C21H32N2O3S. The molecule has 1 atom stereocenters. The second kappa shape index (κ2) is 9.20. The Morgan fingerprint density at radius 2 is 1.56 bits per heavy atom. The highest BCUT2D eigenvalue weighted by Crippen LogP contribution is 2.28. The van der Waals surface area contributed by atoms with Gasteiger partial charge in [0.25, 0.3) is 0 Å². The summed E-state index contributed by atoms with van der Waals surface area (Å²) in [7, 11) is -1.04. The number of rotatable bonds is 4. The molecule has 1 aromatic rings. The van der Waals surface area contributed by atoms with Gasteiger partial charge in [-0.1, -0.05) is 62.4 Å². The Morgan fingerprint density at radius 1 is 1.00 bits per heavy atom. The third kappa shape index (κ3) is 5.32. The minimum atomic E-state index is -2.97. The van der Waals surface area contributed by atoms with Crippen molar-refractivity contribution >= 4 is 15.7 Å². The molecule has 1 aromatic carbocycles. The first kappa shape index (κ1) is 20.3. The standard InChI is InChI=1S/C21H32N2O3S/c1-22(19-12-8-3-2-4-9-13-19)21(24)20(18-10-6-5-7-11-18)23-14-16-27(25,26)17-15-23/h5-7,10-11,19-20H,2-4,8-9,12-17H2,1H3. The molecule has 6 heteroatoms. The maximum Gasteiger partial charge on any atom is 0.244 e. The summed E-state index contributed by atoms with van der Waals surface area (Å²) in [5.74, 6) is 0.374. The quantitative estimate of drug-likeness (QED) is 0.790. The molecule has 0 bridgehead atoms. The van der Waals surface area contributed by atoms with Crippen LogP contribution in [0.15, 0.2) is 30.3 Å². The normalized spacial score (nSPS) is 23.1. The van der Waals surface area contributed by atoms with Crippen molar-refractivity contribution in [2.45, 2.75) is 57.0 Å². The maximum absolute atomic E-state index is 13.5. The van der Waals surface area contributed by atoms with Crippen molar-refractivity contribution in [3.05, 3.63) is 35.9 Å². The van der Waals surface area contributed by atoms with Crippen molar-refractivity contribution in [3.63, 3.8) is 0 Å². The summed E-state index contributed by atoms with van der Waals surface area (Å²) in [4.78, 5) is 17.5. The number of hydrogen-bond acceptors (Lipinski definition) is 4. The second-order valence-corrected chi connectivity index (χ2v) is 10.3. The van der Waals surface area contributed by atoms with Crippen LogP contribution < -0.4 is 0 Å². The Hall–Kier alpha value is -1.40. The molecular weight excluding hydrogens is 360 g/mol. The van der Waals surface area contributed by atoms with Crippen LogP contribution in [-0.4, -0.2) is 61.8 Å². The highest BCUT2D eigenvalue weighted by molar-refractivity contribution is 7.91. The zero-order valence-electron chi connectivity index (χ0n) is 16.3. The Labute approximate surface area is 163 Å². The number of carbonyl (C=O) groups excluding carboxylic acids is 1. The average Bonchev–Trinajstić information content (AvgIpc) is 2.63. The van der Waals surface area contributed by atoms with Gasteiger partial charge in [-0.05, 0) is 18.4 Å². The van der Waals surface area contributed by atoms with Crippen molar-refractivity contribution < 1.29 is 13.2 Å². The fourth-order valence-electron chi connectivity index (χ4n) is 4.32. The fourth-order valence-corrected chi connectivity index (χ4v) is 5.55. The lowest BCUT2D eigenvalue weighted by molar-refractivity contribution is -0.138. The molecule has 2 aliphatic rings. The highest BCUT2D eigenvalue weighted by Gasteiger charge is 2.35. The van der Waals surface area contributed by atoms with Crippen LogP contribution in [0.2, 0.25) is 0 Å². The number of benzene rings is 1. The molecule has 1 heterocycles. The van der Waals surface area contributed by atoms with Crippen LogP contribution in [0.4, 0.5) is 0 Å². The van der Waals surface area contributed by atoms with Crippen molar-refractivity contribution in [1.82, 2.24) is 9.80 Å². The Morgan fingerprint density at radius 3 is 2.15 bits per heavy atom. The van der Waals surface area contributed by atoms with Crippen molar-refractivity contribution in [2.75, 3.05) is 31.6 Å². The lowest BCUT2D eigenvalue weighted by Crippen LogP contribution is -2.50. The fraction of sp³-hybridized carbons (Fsp3) is 0.667. The smallest absolute Gasteiger partial charge is 0.244 e. The first-order chi connectivity index (χ1) is 13.0. The van der Waals surface area contributed by atoms with E-state index < -0.39 is 15.9 Å². The van der Waals surface area contributed by atoms with Gasteiger partial charge in [-0.3, -0.25) is 9.69 Å². The summed E-state index contributed by atoms with van der Waals surface area (Å²) in [5.41, 5.74) is 0.958. The molecule has 0 spiro atoms. The van der Waals surface area contributed by atoms with Gasteiger partial charge in [0.2, 0.25) is 5.91 Å². The molecule has 2 fully saturated rings. The van der Waals surface area contributed by atoms with Crippen LogP contribution in [0.25, 0.3) is 0 Å². The third-order valence-electron chi connectivity index (χ3n) is 6.06. The number of sulfone groups is 1. The predicted molar refractivity (Wildman–Crippen MR) is 108 cm³/mol. The van der Waals surface area contributed by atoms with E-state index >= 15 is 0 Å². The van der Waals surface area contributed by atoms with Gasteiger partial charge >= 0.3 is 0 Å². The molecule has 0 aromatic heterocycles. The number of carbonyl (C=O) groups is 1. The molecule has 1 amide bonds. The van der Waals surface area contributed by atoms with Gasteiger partial charge in [-0.2, -0.15) is 0 Å². The van der Waals surface area contributed by atoms with Gasteiger partial charge in [0, 0.05) is 26.2 Å². The highest BCUT2D eigenvalue weighted by atomic mass is 32.2. The summed E-state index contributed by atoms with van der Waals surface area (Å²) in [6, 6.07) is 9.72. The number of amides is 1. The van der Waals surface area contributed by atoms with Gasteiger partial charge in [0.15, 0.2) is 9.84 Å². The SMILES string of the molecule is CN(C(=O)C(c1ccccc1)N1CCS(=O)(=O)CC1)C1CCCCCCC1. The van der Waals surface area contributed by atoms with Crippen molar-refractivity contribution in [3.8, 4) is 0 Å². The van der Waals surface area contributed by atoms with E-state index in [1.54, 1.807) is 0 Å². The average molecular weight is 393 g/mol. The molecule has 1 aliphatic carbocycles. The minimum absolute atomic E-state index is 0.103. The van der Waals surface area contributed by atoms with E-state index in [-0.39, 0.29) is 23.5 Å². The predicted octanol–water partition coefficient (Wildman–Crippen LogP) is 3.03. The van der Waals surface area contributed by atoms with E-state index in [1.807, 2.05) is 42.3 Å². The minimum Gasteiger partial charge on any atom is -0.341 e. The van der Waals surface area contributed by atoms with Crippen LogP contribution in [0.3, 0.4) is 0 Å². The largest absolute Gasteiger partial charge is 0.341 e. The van der Waals surface area contributed by atoms with E-state index in [9.17, 15) is 13.2 Å². The molecule has 5 nitrogen and oxygen atoms in total. The molecule has 1 saturated heterocycles. The zero-order chi connectivity index (χ0) is 19.3. The number of nitrogens with zero attached hydrogens (tertiary/aromatic N) is 2. The molecule has 1 saturated carbocycles. The molecule has 0 radical (unpaired) electrons. The van der Waals surface area contributed by atoms with Gasteiger partial charge in [0.05, 0.1) is 11.5 Å². The zero-order valence-corrected chi connectivity index (χ0v) is 17.2. The van der Waals surface area contributed by atoms with Gasteiger partial charge < -0.3 is 4.90 Å². The number of hydrogen-bond donors (Lipinski definition) is 0. The number of likely N-dealkylation sites (N-methyl/N-ethyl adjacent to an activating group) is 1. The summed E-state index contributed by atoms with van der Waals surface area (Å²) in [6.45, 7) is 0.846. The Balaban J connectivity index is 1.80. The van der Waals surface area contributed by atoms with Crippen LogP contribution in [0.1, 0.15) is 56.6 Å². The molecule has 1 aliphatic heterocycles. The summed E-state index contributed by atoms with van der Waals surface area (Å²) >= 11 is 0. The molecule has 27 heavy (non-hydrogen) atoms. The molecule has 150 valence electrons. The first-order valence-corrected chi connectivity index (χ1v) is 12.1. The van der Waals surface area contributed by atoms with Gasteiger partial charge in [0.1, 0.15) is 6.04 Å². The van der Waals surface area contributed by atoms with Crippen molar-refractivity contribution in [1.29, 1.82) is 0 Å². The Kier molecular flexibility index (Phi) is 6.93. The van der Waals surface area contributed by atoms with E-state index in [0.717, 1.165) is 18.4 Å². The topological polar surface area (TPSA) is 57.7 Å². The Bertz CT molecular complexity index is 698. The summed E-state index contributed by atoms with van der Waals surface area (Å²) in [5, 5.41) is 0. The van der Waals surface area contributed by atoms with E-state index in [1.165, 1.54) is 32.1 Å². The molecule has 3 rings (SSSR count). The van der Waals surface area contributed by atoms with Crippen LogP contribution >= 0.6 is 0 Å². The monoisotopic (exact) mass is 392 g/mol. The van der Waals surface area contributed by atoms with Gasteiger partial charge in [-0.25, -0.2) is 8.42 Å². The van der Waals surface area contributed by atoms with Gasteiger partial charge in [-0.15, -0.1) is 0 Å². The van der Waals surface area contributed by atoms with Crippen LogP contribution in [-0.2, 0) is 14.6 Å². The summed E-state index contributed by atoms with van der Waals surface area (Å²) in [6.07, 6.45) is 8.31. The molecule has 0 N–H and O–H groups in total. The van der Waals surface area contributed by atoms with E-state index in [2.05, 4.69) is 4.90 Å². The second-order valence-electron chi connectivity index (χ2n) is 7.95. The summed E-state index contributed by atoms with van der Waals surface area (Å²) < 4.78 is 23.7. The lowest BCUT2D eigenvalue weighted by Gasteiger charge is -2.38. The maximum atomic E-state index is 13.5.